The van der Waals surface area contributed by atoms with Gasteiger partial charge in [0.1, 0.15) is 5.00 Å². The molecule has 2 amide bonds. The summed E-state index contributed by atoms with van der Waals surface area (Å²) in [7, 11) is -2.31. The third-order valence-electron chi connectivity index (χ3n) is 5.63. The number of rotatable bonds is 9. The number of sulfone groups is 1. The molecule has 0 bridgehead atoms. The summed E-state index contributed by atoms with van der Waals surface area (Å²) in [6.45, 7) is 0.996. The van der Waals surface area contributed by atoms with E-state index >= 15 is 0 Å². The largest absolute Gasteiger partial charge is 0.439 e. The van der Waals surface area contributed by atoms with Crippen LogP contribution in [0.3, 0.4) is 0 Å². The van der Waals surface area contributed by atoms with Crippen molar-refractivity contribution >= 4 is 53.9 Å². The second-order valence-electron chi connectivity index (χ2n) is 8.05. The number of fused-ring (bicyclic) bond motifs is 1. The molecule has 0 atom stereocenters. The highest BCUT2D eigenvalue weighted by Crippen LogP contribution is 2.38. The molecule has 1 aromatic carbocycles. The van der Waals surface area contributed by atoms with Gasteiger partial charge in [0.2, 0.25) is 14.9 Å². The van der Waals surface area contributed by atoms with E-state index < -0.39 is 15.7 Å². The summed E-state index contributed by atoms with van der Waals surface area (Å²) in [4.78, 5) is 27.1. The lowest BCUT2D eigenvalue weighted by molar-refractivity contribution is 0.0948. The Kier molecular flexibility index (Phi) is 8.10. The first-order valence-corrected chi connectivity index (χ1v) is 14.2. The topological polar surface area (TPSA) is 115 Å². The number of hydrogen-bond donors (Lipinski definition) is 2. The van der Waals surface area contributed by atoms with Gasteiger partial charge in [0.15, 0.2) is 5.76 Å². The molecule has 0 saturated carbocycles. The molecule has 11 heteroatoms. The molecule has 0 aliphatic heterocycles. The van der Waals surface area contributed by atoms with Crippen molar-refractivity contribution in [3.05, 3.63) is 62.6 Å². The predicted molar refractivity (Wildman–Crippen MR) is 136 cm³/mol. The number of amides is 2. The number of carbonyl (C=O) groups is 2. The van der Waals surface area contributed by atoms with Crippen LogP contribution in [-0.2, 0) is 27.4 Å². The maximum Gasteiger partial charge on any atom is 0.292 e. The maximum absolute atomic E-state index is 13.0. The van der Waals surface area contributed by atoms with Crippen molar-refractivity contribution in [1.82, 2.24) is 5.32 Å². The number of nitrogens with one attached hydrogen (secondary N) is 2. The van der Waals surface area contributed by atoms with Gasteiger partial charge < -0.3 is 19.8 Å². The second-order valence-corrected chi connectivity index (χ2v) is 11.9. The van der Waals surface area contributed by atoms with Crippen LogP contribution >= 0.6 is 27.3 Å². The average Bonchev–Trinajstić information content (AvgIpc) is 3.48. The molecule has 35 heavy (non-hydrogen) atoms. The number of furan rings is 1. The third-order valence-corrected chi connectivity index (χ3v) is 9.01. The van der Waals surface area contributed by atoms with Crippen LogP contribution in [0.25, 0.3) is 0 Å². The first kappa shape index (κ1) is 25.6. The highest BCUT2D eigenvalue weighted by molar-refractivity contribution is 9.10. The molecule has 3 aromatic rings. The van der Waals surface area contributed by atoms with Crippen LogP contribution in [0.2, 0.25) is 0 Å². The number of aryl methyl sites for hydroxylation is 1. The molecular weight excluding hydrogens is 556 g/mol. The van der Waals surface area contributed by atoms with Crippen LogP contribution in [0.1, 0.15) is 50.6 Å². The van der Waals surface area contributed by atoms with Gasteiger partial charge in [0.05, 0.1) is 10.5 Å². The van der Waals surface area contributed by atoms with E-state index in [0.717, 1.165) is 40.6 Å². The Balaban J connectivity index is 1.55. The first-order chi connectivity index (χ1) is 16.8. The van der Waals surface area contributed by atoms with E-state index in [-0.39, 0.29) is 21.7 Å². The average molecular weight is 582 g/mol. The van der Waals surface area contributed by atoms with Crippen LogP contribution in [0.15, 0.2) is 55.3 Å². The molecule has 0 fully saturated rings. The van der Waals surface area contributed by atoms with Crippen LogP contribution in [0, 0.1) is 0 Å². The van der Waals surface area contributed by atoms with Gasteiger partial charge in [-0.1, -0.05) is 15.9 Å². The number of ether oxygens (including phenoxy) is 1. The fraction of sp³-hybridized carbons (Fsp3) is 0.333. The minimum Gasteiger partial charge on any atom is -0.439 e. The first-order valence-electron chi connectivity index (χ1n) is 11.1. The summed E-state index contributed by atoms with van der Waals surface area (Å²) in [6.07, 6.45) is 4.33. The van der Waals surface area contributed by atoms with Crippen LogP contribution in [-0.4, -0.2) is 40.5 Å². The molecule has 0 radical (unpaired) electrons. The Morgan fingerprint density at radius 3 is 2.57 bits per heavy atom. The summed E-state index contributed by atoms with van der Waals surface area (Å²) < 4.78 is 36.9. The molecular formula is C24H25BrN2O6S2. The zero-order valence-electron chi connectivity index (χ0n) is 19.1. The Bertz CT molecular complexity index is 1330. The highest BCUT2D eigenvalue weighted by Gasteiger charge is 2.28. The third kappa shape index (κ3) is 5.69. The normalized spacial score (nSPS) is 13.3. The van der Waals surface area contributed by atoms with Crippen molar-refractivity contribution in [2.24, 2.45) is 0 Å². The molecule has 2 heterocycles. The van der Waals surface area contributed by atoms with Crippen LogP contribution in [0.4, 0.5) is 5.00 Å². The fourth-order valence-corrected chi connectivity index (χ4v) is 6.60. The van der Waals surface area contributed by atoms with Crippen molar-refractivity contribution < 1.29 is 27.2 Å². The lowest BCUT2D eigenvalue weighted by Crippen LogP contribution is -2.27. The number of methoxy groups -OCH3 is 1. The van der Waals surface area contributed by atoms with Crippen molar-refractivity contribution in [3.8, 4) is 0 Å². The SMILES string of the molecule is COCCCNC(=O)c1c(NC(=O)c2ccc(S(=O)(=O)c3ccc(Br)cc3)o2)sc2c1CCCC2. The predicted octanol–water partition coefficient (Wildman–Crippen LogP) is 4.83. The van der Waals surface area contributed by atoms with Gasteiger partial charge in [-0.15, -0.1) is 11.3 Å². The van der Waals surface area contributed by atoms with E-state index in [1.54, 1.807) is 19.2 Å². The number of carbonyl (C=O) groups excluding carboxylic acids is 2. The maximum atomic E-state index is 13.0. The Hall–Kier alpha value is -2.47. The molecule has 1 aliphatic carbocycles. The van der Waals surface area contributed by atoms with E-state index in [1.165, 1.54) is 35.6 Å². The van der Waals surface area contributed by atoms with Gasteiger partial charge >= 0.3 is 0 Å². The minimum absolute atomic E-state index is 0.0559. The zero-order chi connectivity index (χ0) is 25.0. The number of benzene rings is 1. The van der Waals surface area contributed by atoms with Crippen molar-refractivity contribution in [2.75, 3.05) is 25.6 Å². The Morgan fingerprint density at radius 2 is 1.83 bits per heavy atom. The fourth-order valence-electron chi connectivity index (χ4n) is 3.88. The number of hydrogen-bond acceptors (Lipinski definition) is 7. The van der Waals surface area contributed by atoms with E-state index in [2.05, 4.69) is 26.6 Å². The Morgan fingerprint density at radius 1 is 1.09 bits per heavy atom. The molecule has 1 aliphatic rings. The van der Waals surface area contributed by atoms with E-state index in [1.807, 2.05) is 0 Å². The minimum atomic E-state index is -3.92. The molecule has 0 unspecified atom stereocenters. The van der Waals surface area contributed by atoms with E-state index in [0.29, 0.717) is 30.1 Å². The summed E-state index contributed by atoms with van der Waals surface area (Å²) >= 11 is 4.66. The van der Waals surface area contributed by atoms with Crippen molar-refractivity contribution in [2.45, 2.75) is 42.1 Å². The van der Waals surface area contributed by atoms with E-state index in [4.69, 9.17) is 9.15 Å². The summed E-state index contributed by atoms with van der Waals surface area (Å²) in [5.74, 6) is -1.01. The number of thiophene rings is 1. The summed E-state index contributed by atoms with van der Waals surface area (Å²) in [5.41, 5.74) is 1.45. The molecule has 2 aromatic heterocycles. The van der Waals surface area contributed by atoms with Gasteiger partial charge in [0.25, 0.3) is 11.8 Å². The second kappa shape index (κ2) is 11.1. The lowest BCUT2D eigenvalue weighted by atomic mass is 9.95. The quantitative estimate of drug-likeness (QED) is 0.350. The molecule has 0 saturated heterocycles. The standard InChI is InChI=1S/C24H25BrN2O6S2/c1-32-14-4-13-26-23(29)21-17-5-2-3-6-19(17)34-24(21)27-22(28)18-11-12-20(33-18)35(30,31)16-9-7-15(25)8-10-16/h7-12H,2-6,13-14H2,1H3,(H,26,29)(H,27,28). The molecule has 0 spiro atoms. The highest BCUT2D eigenvalue weighted by atomic mass is 79.9. The summed E-state index contributed by atoms with van der Waals surface area (Å²) in [6, 6.07) is 8.71. The molecule has 2 N–H and O–H groups in total. The van der Waals surface area contributed by atoms with Crippen molar-refractivity contribution in [3.63, 3.8) is 0 Å². The van der Waals surface area contributed by atoms with Gasteiger partial charge in [-0.25, -0.2) is 8.42 Å². The number of anilines is 1. The Labute approximate surface area is 216 Å². The monoisotopic (exact) mass is 580 g/mol. The van der Waals surface area contributed by atoms with Gasteiger partial charge in [-0.2, -0.15) is 0 Å². The van der Waals surface area contributed by atoms with Gasteiger partial charge in [0, 0.05) is 29.6 Å². The van der Waals surface area contributed by atoms with Gasteiger partial charge in [-0.3, -0.25) is 9.59 Å². The van der Waals surface area contributed by atoms with Crippen LogP contribution < -0.4 is 10.6 Å². The summed E-state index contributed by atoms with van der Waals surface area (Å²) in [5, 5.41) is 5.79. The van der Waals surface area contributed by atoms with Crippen LogP contribution in [0.5, 0.6) is 0 Å². The molecule has 4 rings (SSSR count). The van der Waals surface area contributed by atoms with E-state index in [9.17, 15) is 18.0 Å². The molecule has 186 valence electrons. The van der Waals surface area contributed by atoms with Gasteiger partial charge in [-0.05, 0) is 74.1 Å². The number of halogens is 1. The zero-order valence-corrected chi connectivity index (χ0v) is 22.3. The molecule has 8 nitrogen and oxygen atoms in total. The lowest BCUT2D eigenvalue weighted by Gasteiger charge is -2.13. The smallest absolute Gasteiger partial charge is 0.292 e. The van der Waals surface area contributed by atoms with Crippen molar-refractivity contribution in [1.29, 1.82) is 0 Å².